The van der Waals surface area contributed by atoms with E-state index in [9.17, 15) is 28.8 Å². The van der Waals surface area contributed by atoms with E-state index in [-0.39, 0.29) is 76.4 Å². The molecule has 24 nitrogen and oxygen atoms in total. The molecule has 0 radical (unpaired) electrons. The summed E-state index contributed by atoms with van der Waals surface area (Å²) in [7, 11) is 0. The zero-order valence-electron chi connectivity index (χ0n) is 59.9. The number of aliphatic carboxylic acids is 1. The number of ether oxygens (including phenoxy) is 2. The summed E-state index contributed by atoms with van der Waals surface area (Å²) in [6.07, 6.45) is 12.9. The number of hydrogen-bond acceptors (Lipinski definition) is 17. The Morgan fingerprint density at radius 1 is 0.560 bits per heavy atom. The number of carboxylic acid groups (broad SMARTS) is 1. The smallest absolute Gasteiger partial charge is 0.410 e. The number of piperidine rings is 3. The molecular weight excluding hydrogens is 1270 g/mol. The lowest BCUT2D eigenvalue weighted by atomic mass is 9.96. The number of benzene rings is 3. The molecule has 540 valence electrons. The van der Waals surface area contributed by atoms with Gasteiger partial charge in [0.1, 0.15) is 17.0 Å². The fourth-order valence-corrected chi connectivity index (χ4v) is 14.5. The number of hydrogen-bond donors (Lipinski definition) is 4. The number of carbonyl (C=O) groups excluding carboxylic acids is 5. The lowest BCUT2D eigenvalue weighted by Crippen LogP contribution is -2.45. The number of nitrogens with two attached hydrogens (primary N) is 1. The summed E-state index contributed by atoms with van der Waals surface area (Å²) in [5.41, 5.74) is 8.07. The highest BCUT2D eigenvalue weighted by atomic mass is 16.6. The third-order valence-electron chi connectivity index (χ3n) is 21.6. The van der Waals surface area contributed by atoms with Crippen LogP contribution in [0.5, 0.6) is 0 Å². The van der Waals surface area contributed by atoms with Gasteiger partial charge in [-0.15, -0.1) is 0 Å². The Labute approximate surface area is 587 Å². The van der Waals surface area contributed by atoms with Crippen LogP contribution in [-0.2, 0) is 39.5 Å². The number of likely N-dealkylation sites (tertiary alicyclic amines) is 3. The van der Waals surface area contributed by atoms with Crippen LogP contribution in [0.25, 0.3) is 0 Å². The first-order chi connectivity index (χ1) is 47.7. The van der Waals surface area contributed by atoms with Gasteiger partial charge in [-0.3, -0.25) is 19.2 Å². The van der Waals surface area contributed by atoms with Gasteiger partial charge >= 0.3 is 18.2 Å². The number of rotatable bonds is 18. The Hall–Kier alpha value is -8.41. The van der Waals surface area contributed by atoms with E-state index >= 15 is 0 Å². The summed E-state index contributed by atoms with van der Waals surface area (Å²) in [5.74, 6) is 4.27. The molecule has 2 aromatic heterocycles. The number of aromatic nitrogens is 4. The van der Waals surface area contributed by atoms with Crippen molar-refractivity contribution >= 4 is 41.7 Å². The second-order valence-corrected chi connectivity index (χ2v) is 31.5. The van der Waals surface area contributed by atoms with Crippen LogP contribution in [0.4, 0.5) is 9.59 Å². The predicted molar refractivity (Wildman–Crippen MR) is 373 cm³/mol. The second-order valence-electron chi connectivity index (χ2n) is 31.5. The van der Waals surface area contributed by atoms with Gasteiger partial charge in [0.2, 0.25) is 29.5 Å². The van der Waals surface area contributed by atoms with Crippen molar-refractivity contribution in [2.75, 3.05) is 58.9 Å². The van der Waals surface area contributed by atoms with Crippen LogP contribution in [0.15, 0.2) is 105 Å². The minimum absolute atomic E-state index is 0.0406. The van der Waals surface area contributed by atoms with Crippen molar-refractivity contribution in [3.8, 4) is 0 Å². The Bertz CT molecular complexity index is 3630. The predicted octanol–water partition coefficient (Wildman–Crippen LogP) is 11.2. The fraction of sp³-hybridized carbons (Fsp3) is 0.618. The first kappa shape index (κ1) is 72.8. The maximum absolute atomic E-state index is 13.3. The molecule has 14 rings (SSSR count). The molecule has 3 aromatic carbocycles. The van der Waals surface area contributed by atoms with Crippen LogP contribution in [0.2, 0.25) is 0 Å². The van der Waals surface area contributed by atoms with Gasteiger partial charge in [0.25, 0.3) is 0 Å². The summed E-state index contributed by atoms with van der Waals surface area (Å²) in [5, 5.41) is 33.4. The Morgan fingerprint density at radius 3 is 1.30 bits per heavy atom. The first-order valence-electron chi connectivity index (χ1n) is 36.2. The molecule has 9 fully saturated rings. The molecule has 24 heteroatoms. The topological polar surface area (TPSA) is 306 Å². The lowest BCUT2D eigenvalue weighted by Gasteiger charge is -2.30. The zero-order chi connectivity index (χ0) is 71.3. The van der Waals surface area contributed by atoms with Gasteiger partial charge in [0, 0.05) is 138 Å². The molecule has 5 amide bonds. The van der Waals surface area contributed by atoms with Crippen LogP contribution in [0.3, 0.4) is 0 Å². The van der Waals surface area contributed by atoms with E-state index in [0.717, 1.165) is 121 Å². The molecule has 5 N–H and O–H groups in total. The molecule has 3 aliphatic heterocycles. The van der Waals surface area contributed by atoms with Crippen LogP contribution in [-0.4, -0.2) is 185 Å². The van der Waals surface area contributed by atoms with Crippen molar-refractivity contribution in [3.63, 3.8) is 0 Å². The van der Waals surface area contributed by atoms with Crippen molar-refractivity contribution < 1.29 is 57.6 Å². The Morgan fingerprint density at radius 2 is 0.940 bits per heavy atom. The van der Waals surface area contributed by atoms with E-state index < -0.39 is 22.6 Å². The van der Waals surface area contributed by atoms with Gasteiger partial charge < -0.3 is 64.4 Å². The van der Waals surface area contributed by atoms with Crippen LogP contribution >= 0.6 is 0 Å². The average Bonchev–Trinajstić information content (AvgIpc) is 1.60. The van der Waals surface area contributed by atoms with Crippen LogP contribution in [0, 0.1) is 11.3 Å². The third-order valence-corrected chi connectivity index (χ3v) is 21.6. The Balaban J connectivity index is 0.000000141. The maximum atomic E-state index is 13.3. The monoisotopic (exact) mass is 1380 g/mol. The summed E-state index contributed by atoms with van der Waals surface area (Å²) in [6, 6.07) is 32.1. The van der Waals surface area contributed by atoms with Gasteiger partial charge in [-0.2, -0.15) is 9.97 Å². The number of oxime groups is 1. The molecule has 100 heavy (non-hydrogen) atoms. The van der Waals surface area contributed by atoms with Crippen molar-refractivity contribution in [1.82, 2.24) is 50.1 Å². The summed E-state index contributed by atoms with van der Waals surface area (Å²) >= 11 is 0. The molecule has 6 atom stereocenters. The van der Waals surface area contributed by atoms with Crippen molar-refractivity contribution in [1.29, 1.82) is 0 Å². The highest BCUT2D eigenvalue weighted by Crippen LogP contribution is 2.54. The van der Waals surface area contributed by atoms with Crippen molar-refractivity contribution in [2.24, 2.45) is 22.2 Å². The summed E-state index contributed by atoms with van der Waals surface area (Å²) in [4.78, 5) is 89.4. The molecule has 3 unspecified atom stereocenters. The molecule has 5 heterocycles. The van der Waals surface area contributed by atoms with Gasteiger partial charge in [-0.25, -0.2) is 9.59 Å². The minimum Gasteiger partial charge on any atom is -0.481 e. The Kier molecular flexibility index (Phi) is 22.2. The molecule has 6 aliphatic carbocycles. The maximum Gasteiger partial charge on any atom is 0.410 e. The molecule has 9 aliphatic rings. The average molecular weight is 1380 g/mol. The highest BCUT2D eigenvalue weighted by Gasteiger charge is 2.57. The zero-order valence-corrected chi connectivity index (χ0v) is 59.9. The van der Waals surface area contributed by atoms with Gasteiger partial charge in [-0.05, 0) is 155 Å². The number of carbonyl (C=O) groups is 6. The minimum atomic E-state index is -0.738. The molecule has 6 saturated carbocycles. The number of amides is 5. The van der Waals surface area contributed by atoms with E-state index in [1.165, 1.54) is 30.0 Å². The number of nitrogens with zero attached hydrogens (tertiary/aromatic N) is 10. The van der Waals surface area contributed by atoms with Gasteiger partial charge in [0.15, 0.2) is 11.6 Å². The third kappa shape index (κ3) is 18.6. The van der Waals surface area contributed by atoms with Crippen LogP contribution in [0.1, 0.15) is 228 Å². The van der Waals surface area contributed by atoms with E-state index in [2.05, 4.69) is 75.4 Å². The largest absolute Gasteiger partial charge is 0.481 e. The number of nitrogens with one attached hydrogen (secondary N) is 1. The van der Waals surface area contributed by atoms with Crippen LogP contribution < -0.4 is 11.1 Å². The van der Waals surface area contributed by atoms with E-state index in [1.807, 2.05) is 92.6 Å². The van der Waals surface area contributed by atoms with E-state index in [4.69, 9.17) is 44.5 Å². The molecule has 0 spiro atoms. The van der Waals surface area contributed by atoms with E-state index in [1.54, 1.807) is 23.6 Å². The molecule has 3 saturated heterocycles. The fourth-order valence-electron chi connectivity index (χ4n) is 14.5. The first-order valence-corrected chi connectivity index (χ1v) is 36.2. The lowest BCUT2D eigenvalue weighted by molar-refractivity contribution is -0.145. The quantitative estimate of drug-likeness (QED) is 0.0274. The molecule has 0 bridgehead atoms. The summed E-state index contributed by atoms with van der Waals surface area (Å²) in [6.45, 7) is 22.2. The highest BCUT2D eigenvalue weighted by molar-refractivity contribution is 5.89. The van der Waals surface area contributed by atoms with Gasteiger partial charge in [0.05, 0.1) is 11.3 Å². The van der Waals surface area contributed by atoms with Gasteiger partial charge in [-0.1, -0.05) is 106 Å². The molecular formula is C76H104N12O12. The normalized spacial score (nSPS) is 24.1. The second kappa shape index (κ2) is 30.4. The van der Waals surface area contributed by atoms with Crippen molar-refractivity contribution in [2.45, 2.75) is 228 Å². The number of amidine groups is 1. The van der Waals surface area contributed by atoms with E-state index in [0.29, 0.717) is 74.5 Å². The number of carboxylic acids is 1. The summed E-state index contributed by atoms with van der Waals surface area (Å²) < 4.78 is 22.8. The SMILES string of the molecule is CC(=O)N1CCC(C(=O)O)CC1.CC(=O)N1CCC(c2nc(C3(CN(C(=O)OC(C)(C)C)[C@H]4CC4c4ccccc4)CC3)no2)CC1.CC(=O)N1CCC(c2nc(C3(CN[C@H]4CC4c4ccccc4)CC3)no2)CC1.CC(C)(C)OC(=O)N(CC1(C(N)=NO)CC1)[C@H]1CC1c1ccccc1. The van der Waals surface area contributed by atoms with Crippen molar-refractivity contribution in [3.05, 3.63) is 131 Å². The molecule has 5 aromatic rings. The standard InChI is InChI=1S/C27H36N4O4.C22H28N4O2.C19H27N3O3.C8H13NO3/c1-18(32)30-14-10-20(11-15-30)23-28-24(29-35-23)27(12-13-27)17-31(25(33)34-26(2,3)4)22-16-21(22)19-8-6-5-7-9-19;1-15(27)26-11-7-17(8-12-26)20-24-21(25-28-20)22(9-10-22)14-23-19-13-18(19)16-5-3-2-4-6-16;1-18(2,3)25-17(23)22(12-19(9-10-19)16(20)21-24)15-11-14(15)13-7-5-4-6-8-13;1-6(10)9-4-2-7(3-5-9)8(11)12/h5-9,20-22H,10-17H2,1-4H3;2-6,17-19,23H,7-14H2,1H3;4-8,14-15,24H,9-12H2,1-3H3,(H2,20,21);7H,2-5H2,1H3,(H,11,12)/t21?,22-;18?,19-;14?,15-;/m000./s1.